The minimum absolute atomic E-state index is 0.0842. The third-order valence-corrected chi connectivity index (χ3v) is 2.70. The van der Waals surface area contributed by atoms with E-state index >= 15 is 0 Å². The Hall–Kier alpha value is -2.07. The van der Waals surface area contributed by atoms with Crippen LogP contribution in [0.15, 0.2) is 36.5 Å². The van der Waals surface area contributed by atoms with Crippen molar-refractivity contribution in [2.24, 2.45) is 0 Å². The van der Waals surface area contributed by atoms with Gasteiger partial charge in [0.1, 0.15) is 22.2 Å². The van der Waals surface area contributed by atoms with Gasteiger partial charge in [-0.15, -0.1) is 0 Å². The van der Waals surface area contributed by atoms with Gasteiger partial charge in [-0.1, -0.05) is 11.6 Å². The zero-order valence-corrected chi connectivity index (χ0v) is 9.44. The summed E-state index contributed by atoms with van der Waals surface area (Å²) in [6.07, 6.45) is 1.70. The van der Waals surface area contributed by atoms with Gasteiger partial charge in [0.2, 0.25) is 0 Å². The lowest BCUT2D eigenvalue weighted by molar-refractivity contribution is 0.475. The molecular weight excluding hydrogens is 238 g/mol. The first-order valence-corrected chi connectivity index (χ1v) is 5.41. The second kappa shape index (κ2) is 3.75. The molecule has 0 amide bonds. The fourth-order valence-electron chi connectivity index (χ4n) is 1.71. The lowest BCUT2D eigenvalue weighted by Crippen LogP contribution is -1.85. The standard InChI is InChI=1S/C12H8ClN3O/c13-10-4-3-9(17)11(16-10)8-6-7-2-1-5-14-12(7)15-8/h1-6,17H,(H,14,15). The van der Waals surface area contributed by atoms with Crippen LogP contribution in [0.2, 0.25) is 5.15 Å². The molecule has 3 aromatic heterocycles. The van der Waals surface area contributed by atoms with Crippen molar-refractivity contribution in [3.05, 3.63) is 41.7 Å². The fourth-order valence-corrected chi connectivity index (χ4v) is 1.86. The molecule has 0 fully saturated rings. The normalized spacial score (nSPS) is 10.9. The summed E-state index contributed by atoms with van der Waals surface area (Å²) in [5.74, 6) is 0.0842. The van der Waals surface area contributed by atoms with Crippen LogP contribution in [0.25, 0.3) is 22.4 Å². The first kappa shape index (κ1) is 10.1. The summed E-state index contributed by atoms with van der Waals surface area (Å²) in [7, 11) is 0. The number of hydrogen-bond acceptors (Lipinski definition) is 3. The quantitative estimate of drug-likeness (QED) is 0.648. The fraction of sp³-hybridized carbons (Fsp3) is 0. The molecule has 0 aromatic carbocycles. The van der Waals surface area contributed by atoms with Crippen molar-refractivity contribution >= 4 is 22.6 Å². The molecule has 2 N–H and O–H groups in total. The largest absolute Gasteiger partial charge is 0.506 e. The zero-order valence-electron chi connectivity index (χ0n) is 8.68. The SMILES string of the molecule is Oc1ccc(Cl)nc1-c1cc2cccnc2[nH]1. The molecular formula is C12H8ClN3O. The third kappa shape index (κ3) is 1.72. The van der Waals surface area contributed by atoms with Crippen LogP contribution in [0, 0.1) is 0 Å². The lowest BCUT2D eigenvalue weighted by Gasteiger charge is -2.00. The summed E-state index contributed by atoms with van der Waals surface area (Å²) >= 11 is 5.81. The third-order valence-electron chi connectivity index (χ3n) is 2.49. The summed E-state index contributed by atoms with van der Waals surface area (Å²) in [6, 6.07) is 8.72. The van der Waals surface area contributed by atoms with Crippen LogP contribution in [-0.2, 0) is 0 Å². The van der Waals surface area contributed by atoms with Crippen molar-refractivity contribution < 1.29 is 5.11 Å². The molecule has 3 aromatic rings. The van der Waals surface area contributed by atoms with E-state index in [1.807, 2.05) is 18.2 Å². The Morgan fingerprint density at radius 1 is 1.24 bits per heavy atom. The summed E-state index contributed by atoms with van der Waals surface area (Å²) in [4.78, 5) is 11.4. The van der Waals surface area contributed by atoms with Crippen LogP contribution in [0.4, 0.5) is 0 Å². The van der Waals surface area contributed by atoms with Crippen molar-refractivity contribution in [3.8, 4) is 17.1 Å². The van der Waals surface area contributed by atoms with Gasteiger partial charge in [0.25, 0.3) is 0 Å². The van der Waals surface area contributed by atoms with E-state index in [4.69, 9.17) is 11.6 Å². The first-order chi connectivity index (χ1) is 8.24. The van der Waals surface area contributed by atoms with E-state index in [2.05, 4.69) is 15.0 Å². The maximum Gasteiger partial charge on any atom is 0.143 e. The van der Waals surface area contributed by atoms with Crippen molar-refractivity contribution in [3.63, 3.8) is 0 Å². The highest BCUT2D eigenvalue weighted by atomic mass is 35.5. The number of rotatable bonds is 1. The van der Waals surface area contributed by atoms with Crippen LogP contribution in [0.1, 0.15) is 0 Å². The second-order valence-electron chi connectivity index (χ2n) is 3.63. The maximum absolute atomic E-state index is 9.75. The molecule has 0 aliphatic carbocycles. The van der Waals surface area contributed by atoms with Gasteiger partial charge < -0.3 is 10.1 Å². The number of aromatic amines is 1. The summed E-state index contributed by atoms with van der Waals surface area (Å²) < 4.78 is 0. The molecule has 0 aliphatic heterocycles. The smallest absolute Gasteiger partial charge is 0.143 e. The van der Waals surface area contributed by atoms with Gasteiger partial charge in [-0.3, -0.25) is 0 Å². The summed E-state index contributed by atoms with van der Waals surface area (Å²) in [6.45, 7) is 0. The summed E-state index contributed by atoms with van der Waals surface area (Å²) in [5.41, 5.74) is 1.87. The molecule has 0 spiro atoms. The molecule has 0 saturated heterocycles. The van der Waals surface area contributed by atoms with Crippen molar-refractivity contribution in [2.75, 3.05) is 0 Å². The molecule has 5 heteroatoms. The lowest BCUT2D eigenvalue weighted by atomic mass is 10.2. The van der Waals surface area contributed by atoms with E-state index in [0.29, 0.717) is 16.5 Å². The predicted octanol–water partition coefficient (Wildman–Crippen LogP) is 2.98. The molecule has 0 atom stereocenters. The van der Waals surface area contributed by atoms with Gasteiger partial charge in [-0.2, -0.15) is 0 Å². The number of pyridine rings is 2. The molecule has 0 saturated carbocycles. The van der Waals surface area contributed by atoms with Gasteiger partial charge in [-0.25, -0.2) is 9.97 Å². The van der Waals surface area contributed by atoms with E-state index in [0.717, 1.165) is 11.0 Å². The van der Waals surface area contributed by atoms with Gasteiger partial charge in [0.15, 0.2) is 0 Å². The van der Waals surface area contributed by atoms with Gasteiger partial charge in [0.05, 0.1) is 5.69 Å². The minimum Gasteiger partial charge on any atom is -0.506 e. The Morgan fingerprint density at radius 2 is 2.12 bits per heavy atom. The van der Waals surface area contributed by atoms with Gasteiger partial charge >= 0.3 is 0 Å². The van der Waals surface area contributed by atoms with Crippen molar-refractivity contribution in [1.82, 2.24) is 15.0 Å². The number of nitrogens with zero attached hydrogens (tertiary/aromatic N) is 2. The molecule has 17 heavy (non-hydrogen) atoms. The highest BCUT2D eigenvalue weighted by Gasteiger charge is 2.10. The van der Waals surface area contributed by atoms with E-state index in [9.17, 15) is 5.11 Å². The molecule has 3 heterocycles. The topological polar surface area (TPSA) is 61.8 Å². The van der Waals surface area contributed by atoms with Crippen molar-refractivity contribution in [2.45, 2.75) is 0 Å². The molecule has 3 rings (SSSR count). The van der Waals surface area contributed by atoms with Gasteiger partial charge in [-0.05, 0) is 30.3 Å². The number of halogens is 1. The Labute approximate surface area is 102 Å². The molecule has 0 aliphatic rings. The Kier molecular flexibility index (Phi) is 2.23. The van der Waals surface area contributed by atoms with E-state index in [1.54, 1.807) is 12.3 Å². The number of aromatic nitrogens is 3. The van der Waals surface area contributed by atoms with Crippen LogP contribution in [0.3, 0.4) is 0 Å². The highest BCUT2D eigenvalue weighted by Crippen LogP contribution is 2.29. The van der Waals surface area contributed by atoms with Crippen LogP contribution >= 0.6 is 11.6 Å². The van der Waals surface area contributed by atoms with Crippen LogP contribution in [-0.4, -0.2) is 20.1 Å². The van der Waals surface area contributed by atoms with E-state index in [-0.39, 0.29) is 5.75 Å². The number of hydrogen-bond donors (Lipinski definition) is 2. The van der Waals surface area contributed by atoms with E-state index in [1.165, 1.54) is 6.07 Å². The Balaban J connectivity index is 2.23. The molecule has 0 radical (unpaired) electrons. The van der Waals surface area contributed by atoms with Crippen LogP contribution in [0.5, 0.6) is 5.75 Å². The molecule has 0 bridgehead atoms. The second-order valence-corrected chi connectivity index (χ2v) is 4.01. The molecule has 0 unspecified atom stereocenters. The summed E-state index contributed by atoms with van der Waals surface area (Å²) in [5, 5.41) is 11.1. The minimum atomic E-state index is 0.0842. The van der Waals surface area contributed by atoms with Crippen LogP contribution < -0.4 is 0 Å². The Bertz CT molecular complexity index is 660. The monoisotopic (exact) mass is 245 g/mol. The first-order valence-electron chi connectivity index (χ1n) is 5.03. The van der Waals surface area contributed by atoms with Gasteiger partial charge in [0, 0.05) is 11.6 Å². The average molecular weight is 246 g/mol. The van der Waals surface area contributed by atoms with E-state index < -0.39 is 0 Å². The Morgan fingerprint density at radius 3 is 2.94 bits per heavy atom. The molecule has 84 valence electrons. The number of aromatic hydroxyl groups is 1. The predicted molar refractivity (Wildman–Crippen MR) is 66.0 cm³/mol. The van der Waals surface area contributed by atoms with Crippen molar-refractivity contribution in [1.29, 1.82) is 0 Å². The number of H-pyrrole nitrogens is 1. The molecule has 4 nitrogen and oxygen atoms in total. The highest BCUT2D eigenvalue weighted by molar-refractivity contribution is 6.29. The number of fused-ring (bicyclic) bond motifs is 1. The zero-order chi connectivity index (χ0) is 11.8. The average Bonchev–Trinajstić information content (AvgIpc) is 2.75. The number of nitrogens with one attached hydrogen (secondary N) is 1. The maximum atomic E-state index is 9.75.